The Labute approximate surface area is 126 Å². The first-order valence-electron chi connectivity index (χ1n) is 6.63. The van der Waals surface area contributed by atoms with Gasteiger partial charge in [-0.1, -0.05) is 0 Å². The summed E-state index contributed by atoms with van der Waals surface area (Å²) in [6.07, 6.45) is 4.28. The monoisotopic (exact) mass is 313 g/mol. The van der Waals surface area contributed by atoms with Crippen molar-refractivity contribution in [1.82, 2.24) is 4.90 Å². The number of alkyl halides is 1. The van der Waals surface area contributed by atoms with Crippen molar-refractivity contribution < 1.29 is 4.79 Å². The molecule has 0 aromatic carbocycles. The molecule has 1 aliphatic rings. The molecule has 0 bridgehead atoms. The Kier molecular flexibility index (Phi) is 4.10. The van der Waals surface area contributed by atoms with Crippen molar-refractivity contribution in [2.75, 3.05) is 12.4 Å². The van der Waals surface area contributed by atoms with Crippen LogP contribution in [0.3, 0.4) is 0 Å². The third-order valence-corrected chi connectivity index (χ3v) is 6.01. The molecule has 3 heterocycles. The van der Waals surface area contributed by atoms with Gasteiger partial charge in [-0.2, -0.15) is 0 Å². The SMILES string of the molecule is O=C(c1cc2sccc2s1)N1CCCC1CCCCl. The lowest BCUT2D eigenvalue weighted by molar-refractivity contribution is 0.0735. The summed E-state index contributed by atoms with van der Waals surface area (Å²) in [6.45, 7) is 0.900. The van der Waals surface area contributed by atoms with Crippen LogP contribution in [0.15, 0.2) is 17.5 Å². The topological polar surface area (TPSA) is 20.3 Å². The zero-order chi connectivity index (χ0) is 13.2. The van der Waals surface area contributed by atoms with E-state index in [0.29, 0.717) is 11.9 Å². The van der Waals surface area contributed by atoms with Crippen molar-refractivity contribution in [1.29, 1.82) is 0 Å². The average molecular weight is 314 g/mol. The van der Waals surface area contributed by atoms with Gasteiger partial charge in [-0.15, -0.1) is 34.3 Å². The molecule has 1 aliphatic heterocycles. The van der Waals surface area contributed by atoms with Crippen LogP contribution >= 0.6 is 34.3 Å². The standard InChI is InChI=1S/C14H16ClNOS2/c15-6-1-3-10-4-2-7-16(10)14(17)13-9-12-11(19-13)5-8-18-12/h5,8-10H,1-4,6-7H2. The molecule has 2 nitrogen and oxygen atoms in total. The van der Waals surface area contributed by atoms with E-state index in [1.54, 1.807) is 22.7 Å². The van der Waals surface area contributed by atoms with Gasteiger partial charge in [0.15, 0.2) is 0 Å². The molecule has 3 rings (SSSR count). The molecular formula is C14H16ClNOS2. The maximum absolute atomic E-state index is 12.6. The summed E-state index contributed by atoms with van der Waals surface area (Å²) >= 11 is 9.09. The van der Waals surface area contributed by atoms with Gasteiger partial charge in [-0.3, -0.25) is 4.79 Å². The minimum atomic E-state index is 0.213. The lowest BCUT2D eigenvalue weighted by Gasteiger charge is -2.23. The summed E-state index contributed by atoms with van der Waals surface area (Å²) in [6, 6.07) is 4.53. The van der Waals surface area contributed by atoms with Crippen LogP contribution in [0.5, 0.6) is 0 Å². The highest BCUT2D eigenvalue weighted by Crippen LogP contribution is 2.32. The molecule has 102 valence electrons. The summed E-state index contributed by atoms with van der Waals surface area (Å²) in [7, 11) is 0. The number of halogens is 1. The number of amides is 1. The van der Waals surface area contributed by atoms with Crippen LogP contribution in [-0.2, 0) is 0 Å². The smallest absolute Gasteiger partial charge is 0.264 e. The zero-order valence-electron chi connectivity index (χ0n) is 10.6. The molecule has 1 unspecified atom stereocenters. The third-order valence-electron chi connectivity index (χ3n) is 3.66. The Balaban J connectivity index is 1.77. The molecule has 2 aromatic heterocycles. The first-order chi connectivity index (χ1) is 9.29. The fourth-order valence-corrected chi connectivity index (χ4v) is 4.95. The summed E-state index contributed by atoms with van der Waals surface area (Å²) < 4.78 is 2.45. The molecule has 1 atom stereocenters. The Morgan fingerprint density at radius 2 is 2.37 bits per heavy atom. The van der Waals surface area contributed by atoms with Gasteiger partial charge in [0.25, 0.3) is 5.91 Å². The van der Waals surface area contributed by atoms with Gasteiger partial charge in [0.05, 0.1) is 4.88 Å². The van der Waals surface area contributed by atoms with Crippen molar-refractivity contribution in [3.05, 3.63) is 22.4 Å². The molecule has 0 aliphatic carbocycles. The number of hydrogen-bond donors (Lipinski definition) is 0. The fraction of sp³-hybridized carbons (Fsp3) is 0.500. The van der Waals surface area contributed by atoms with Crippen LogP contribution in [0.1, 0.15) is 35.4 Å². The maximum Gasteiger partial charge on any atom is 0.264 e. The number of likely N-dealkylation sites (tertiary alicyclic amines) is 1. The second kappa shape index (κ2) is 5.81. The molecule has 1 saturated heterocycles. The molecular weight excluding hydrogens is 298 g/mol. The first-order valence-corrected chi connectivity index (χ1v) is 8.86. The van der Waals surface area contributed by atoms with Crippen molar-refractivity contribution in [2.45, 2.75) is 31.7 Å². The van der Waals surface area contributed by atoms with Crippen LogP contribution in [0.25, 0.3) is 9.40 Å². The van der Waals surface area contributed by atoms with Gasteiger partial charge in [-0.25, -0.2) is 0 Å². The molecule has 19 heavy (non-hydrogen) atoms. The minimum Gasteiger partial charge on any atom is -0.335 e. The highest BCUT2D eigenvalue weighted by Gasteiger charge is 2.29. The molecule has 1 fully saturated rings. The van der Waals surface area contributed by atoms with Crippen molar-refractivity contribution in [3.8, 4) is 0 Å². The highest BCUT2D eigenvalue weighted by atomic mass is 35.5. The third kappa shape index (κ3) is 2.67. The van der Waals surface area contributed by atoms with E-state index >= 15 is 0 Å². The number of fused-ring (bicyclic) bond motifs is 1. The van der Waals surface area contributed by atoms with E-state index < -0.39 is 0 Å². The van der Waals surface area contributed by atoms with Gasteiger partial charge in [0.2, 0.25) is 0 Å². The second-order valence-corrected chi connectivity index (χ2v) is 7.29. The van der Waals surface area contributed by atoms with Crippen LogP contribution in [0.2, 0.25) is 0 Å². The molecule has 1 amide bonds. The van der Waals surface area contributed by atoms with E-state index in [-0.39, 0.29) is 5.91 Å². The minimum absolute atomic E-state index is 0.213. The van der Waals surface area contributed by atoms with E-state index in [4.69, 9.17) is 11.6 Å². The van der Waals surface area contributed by atoms with Crippen LogP contribution < -0.4 is 0 Å². The van der Waals surface area contributed by atoms with Gasteiger partial charge >= 0.3 is 0 Å². The van der Waals surface area contributed by atoms with Crippen molar-refractivity contribution >= 4 is 49.6 Å². The number of rotatable bonds is 4. The Morgan fingerprint density at radius 3 is 3.16 bits per heavy atom. The quantitative estimate of drug-likeness (QED) is 0.756. The van der Waals surface area contributed by atoms with E-state index in [0.717, 1.165) is 37.1 Å². The maximum atomic E-state index is 12.6. The molecule has 0 spiro atoms. The highest BCUT2D eigenvalue weighted by molar-refractivity contribution is 7.27. The van der Waals surface area contributed by atoms with E-state index in [9.17, 15) is 4.79 Å². The second-order valence-electron chi connectivity index (χ2n) is 4.89. The van der Waals surface area contributed by atoms with Gasteiger partial charge < -0.3 is 4.90 Å². The Morgan fingerprint density at radius 1 is 1.47 bits per heavy atom. The van der Waals surface area contributed by atoms with Gasteiger partial charge in [-0.05, 0) is 43.2 Å². The zero-order valence-corrected chi connectivity index (χ0v) is 13.0. The van der Waals surface area contributed by atoms with Crippen LogP contribution in [0.4, 0.5) is 0 Å². The lowest BCUT2D eigenvalue weighted by Crippen LogP contribution is -2.35. The lowest BCUT2D eigenvalue weighted by atomic mass is 10.1. The Hall–Kier alpha value is -0.580. The molecule has 0 N–H and O–H groups in total. The normalized spacial score (nSPS) is 19.4. The first kappa shape index (κ1) is 13.4. The summed E-state index contributed by atoms with van der Waals surface area (Å²) in [5, 5.41) is 2.08. The predicted octanol–water partition coefficient (Wildman–Crippen LogP) is 4.59. The van der Waals surface area contributed by atoms with Gasteiger partial charge in [0.1, 0.15) is 0 Å². The average Bonchev–Trinajstić information content (AvgIpc) is 3.09. The number of carbonyl (C=O) groups excluding carboxylic acids is 1. The van der Waals surface area contributed by atoms with E-state index in [1.165, 1.54) is 9.40 Å². The largest absolute Gasteiger partial charge is 0.335 e. The number of carbonyl (C=O) groups is 1. The van der Waals surface area contributed by atoms with Crippen molar-refractivity contribution in [3.63, 3.8) is 0 Å². The molecule has 0 saturated carbocycles. The number of hydrogen-bond acceptors (Lipinski definition) is 3. The van der Waals surface area contributed by atoms with Crippen molar-refractivity contribution in [2.24, 2.45) is 0 Å². The van der Waals surface area contributed by atoms with E-state index in [1.807, 2.05) is 6.07 Å². The summed E-state index contributed by atoms with van der Waals surface area (Å²) in [4.78, 5) is 15.5. The van der Waals surface area contributed by atoms with Crippen LogP contribution in [0, 0.1) is 0 Å². The number of nitrogens with zero attached hydrogens (tertiary/aromatic N) is 1. The Bertz CT molecular complexity index is 548. The van der Waals surface area contributed by atoms with Crippen LogP contribution in [-0.4, -0.2) is 29.3 Å². The molecule has 2 aromatic rings. The molecule has 5 heteroatoms. The number of thiophene rings is 2. The predicted molar refractivity (Wildman–Crippen MR) is 83.7 cm³/mol. The van der Waals surface area contributed by atoms with Gasteiger partial charge in [0, 0.05) is 27.9 Å². The fourth-order valence-electron chi connectivity index (χ4n) is 2.73. The summed E-state index contributed by atoms with van der Waals surface area (Å²) in [5.41, 5.74) is 0. The van der Waals surface area contributed by atoms with E-state index in [2.05, 4.69) is 16.3 Å². The molecule has 0 radical (unpaired) electrons. The summed E-state index contributed by atoms with van der Waals surface area (Å²) in [5.74, 6) is 0.901.